The zero-order valence-corrected chi connectivity index (χ0v) is 13.6. The summed E-state index contributed by atoms with van der Waals surface area (Å²) in [7, 11) is 0. The molecule has 4 rings (SSSR count). The number of carbonyl (C=O) groups is 2. The molecule has 1 aromatic rings. The maximum absolute atomic E-state index is 12.6. The Morgan fingerprint density at radius 2 is 2.22 bits per heavy atom. The number of aromatic nitrogens is 2. The second-order valence-corrected chi connectivity index (χ2v) is 7.27. The lowest BCUT2D eigenvalue weighted by Crippen LogP contribution is -2.54. The molecule has 3 atom stereocenters. The van der Waals surface area contributed by atoms with E-state index < -0.39 is 0 Å². The van der Waals surface area contributed by atoms with E-state index in [1.165, 1.54) is 12.8 Å². The molecule has 1 saturated carbocycles. The quantitative estimate of drug-likeness (QED) is 0.867. The van der Waals surface area contributed by atoms with Crippen LogP contribution in [-0.4, -0.2) is 58.6 Å². The Kier molecular flexibility index (Phi) is 4.02. The van der Waals surface area contributed by atoms with Crippen LogP contribution in [0.25, 0.3) is 0 Å². The largest absolute Gasteiger partial charge is 0.376 e. The molecule has 2 saturated heterocycles. The second kappa shape index (κ2) is 6.16. The number of hydrogen-bond donors (Lipinski definition) is 1. The Bertz CT molecular complexity index is 590. The number of likely N-dealkylation sites (tertiary alicyclic amines) is 1. The Labute approximate surface area is 138 Å². The van der Waals surface area contributed by atoms with E-state index in [-0.39, 0.29) is 29.8 Å². The minimum absolute atomic E-state index is 0.0454. The van der Waals surface area contributed by atoms with E-state index >= 15 is 0 Å². The first-order valence-corrected chi connectivity index (χ1v) is 9.01. The van der Waals surface area contributed by atoms with Gasteiger partial charge < -0.3 is 15.0 Å². The number of nitrogens with zero attached hydrogens (tertiary/aromatic N) is 3. The summed E-state index contributed by atoms with van der Waals surface area (Å²) in [5, 5.41) is 8.56. The smallest absolute Gasteiger partial charge is 0.275 e. The molecular formula is C15H20N4O3S. The van der Waals surface area contributed by atoms with Crippen molar-refractivity contribution in [3.63, 3.8) is 0 Å². The summed E-state index contributed by atoms with van der Waals surface area (Å²) in [6.07, 6.45) is 3.27. The number of ether oxygens (including phenoxy) is 1. The molecule has 0 bridgehead atoms. The van der Waals surface area contributed by atoms with Gasteiger partial charge in [-0.05, 0) is 36.7 Å². The molecular weight excluding hydrogens is 316 g/mol. The third-order valence-electron chi connectivity index (χ3n) is 5.06. The first kappa shape index (κ1) is 15.0. The van der Waals surface area contributed by atoms with Crippen LogP contribution in [0.3, 0.4) is 0 Å². The normalized spacial score (nSPS) is 30.1. The molecule has 0 spiro atoms. The van der Waals surface area contributed by atoms with Gasteiger partial charge in [0.05, 0.1) is 12.0 Å². The lowest BCUT2D eigenvalue weighted by atomic mass is 9.82. The molecule has 0 radical (unpaired) electrons. The number of nitrogens with one attached hydrogen (secondary N) is 1. The standard InChI is InChI=1S/C15H20N4O3S/c20-14(16-5-9-1-2-9)11-6-19(7-13-10(11)3-4-22-13)15(21)12-8-23-18-17-12/h8-11,13H,1-7H2,(H,16,20)/t10-,11+,13+/m0/s1. The average Bonchev–Trinajstić information content (AvgIpc) is 3.04. The van der Waals surface area contributed by atoms with Crippen molar-refractivity contribution < 1.29 is 14.3 Å². The van der Waals surface area contributed by atoms with E-state index in [4.69, 9.17) is 4.74 Å². The summed E-state index contributed by atoms with van der Waals surface area (Å²) in [5.41, 5.74) is 0.351. The fraction of sp³-hybridized carbons (Fsp3) is 0.733. The molecule has 8 heteroatoms. The molecule has 124 valence electrons. The molecule has 3 fully saturated rings. The Balaban J connectivity index is 1.47. The fourth-order valence-corrected chi connectivity index (χ4v) is 3.97. The van der Waals surface area contributed by atoms with E-state index in [1.54, 1.807) is 10.3 Å². The van der Waals surface area contributed by atoms with Crippen molar-refractivity contribution in [2.45, 2.75) is 25.4 Å². The minimum Gasteiger partial charge on any atom is -0.376 e. The zero-order valence-electron chi connectivity index (χ0n) is 12.8. The highest BCUT2D eigenvalue weighted by atomic mass is 32.1. The van der Waals surface area contributed by atoms with Crippen LogP contribution in [0.1, 0.15) is 29.8 Å². The second-order valence-electron chi connectivity index (χ2n) is 6.66. The minimum atomic E-state index is -0.189. The highest BCUT2D eigenvalue weighted by Crippen LogP contribution is 2.35. The molecule has 0 unspecified atom stereocenters. The van der Waals surface area contributed by atoms with Gasteiger partial charge in [-0.3, -0.25) is 9.59 Å². The maximum Gasteiger partial charge on any atom is 0.275 e. The third-order valence-corrected chi connectivity index (χ3v) is 5.56. The maximum atomic E-state index is 12.6. The van der Waals surface area contributed by atoms with Gasteiger partial charge in [-0.1, -0.05) is 4.49 Å². The molecule has 2 aliphatic heterocycles. The topological polar surface area (TPSA) is 84.4 Å². The molecule has 1 aromatic heterocycles. The number of carbonyl (C=O) groups excluding carboxylic acids is 2. The summed E-state index contributed by atoms with van der Waals surface area (Å²) in [4.78, 5) is 26.8. The summed E-state index contributed by atoms with van der Waals surface area (Å²) < 4.78 is 9.51. The lowest BCUT2D eigenvalue weighted by Gasteiger charge is -2.39. The molecule has 23 heavy (non-hydrogen) atoms. The van der Waals surface area contributed by atoms with Crippen LogP contribution in [0, 0.1) is 17.8 Å². The van der Waals surface area contributed by atoms with Crippen LogP contribution in [0.4, 0.5) is 0 Å². The number of rotatable bonds is 4. The number of hydrogen-bond acceptors (Lipinski definition) is 6. The fourth-order valence-electron chi connectivity index (χ4n) is 3.54. The van der Waals surface area contributed by atoms with E-state index in [0.29, 0.717) is 31.3 Å². The highest BCUT2D eigenvalue weighted by Gasteiger charge is 2.45. The van der Waals surface area contributed by atoms with E-state index in [1.807, 2.05) is 0 Å². The summed E-state index contributed by atoms with van der Waals surface area (Å²) >= 11 is 1.16. The van der Waals surface area contributed by atoms with Crippen molar-refractivity contribution in [2.75, 3.05) is 26.2 Å². The zero-order chi connectivity index (χ0) is 15.8. The van der Waals surface area contributed by atoms with Gasteiger partial charge >= 0.3 is 0 Å². The van der Waals surface area contributed by atoms with Crippen LogP contribution in [-0.2, 0) is 9.53 Å². The predicted molar refractivity (Wildman–Crippen MR) is 82.9 cm³/mol. The number of piperidine rings is 1. The van der Waals surface area contributed by atoms with Gasteiger partial charge in [0.15, 0.2) is 5.69 Å². The molecule has 7 nitrogen and oxygen atoms in total. The average molecular weight is 336 g/mol. The number of fused-ring (bicyclic) bond motifs is 1. The Morgan fingerprint density at radius 3 is 2.96 bits per heavy atom. The first-order valence-electron chi connectivity index (χ1n) is 8.18. The van der Waals surface area contributed by atoms with Gasteiger partial charge in [0.1, 0.15) is 0 Å². The Hall–Kier alpha value is -1.54. The summed E-state index contributed by atoms with van der Waals surface area (Å²) in [5.74, 6) is 0.577. The van der Waals surface area contributed by atoms with Gasteiger partial charge in [-0.15, -0.1) is 5.10 Å². The van der Waals surface area contributed by atoms with Gasteiger partial charge in [-0.2, -0.15) is 0 Å². The highest BCUT2D eigenvalue weighted by molar-refractivity contribution is 7.03. The molecule has 3 aliphatic rings. The van der Waals surface area contributed by atoms with Crippen LogP contribution >= 0.6 is 11.5 Å². The molecule has 2 amide bonds. The van der Waals surface area contributed by atoms with Crippen molar-refractivity contribution in [1.29, 1.82) is 0 Å². The third kappa shape index (κ3) is 3.10. The van der Waals surface area contributed by atoms with Crippen LogP contribution in [0.2, 0.25) is 0 Å². The monoisotopic (exact) mass is 336 g/mol. The lowest BCUT2D eigenvalue weighted by molar-refractivity contribution is -0.130. The van der Waals surface area contributed by atoms with Gasteiger partial charge in [0.2, 0.25) is 5.91 Å². The molecule has 0 aromatic carbocycles. The van der Waals surface area contributed by atoms with Crippen molar-refractivity contribution in [2.24, 2.45) is 17.8 Å². The van der Waals surface area contributed by atoms with Crippen molar-refractivity contribution in [3.05, 3.63) is 11.1 Å². The van der Waals surface area contributed by atoms with Crippen LogP contribution < -0.4 is 5.32 Å². The number of amides is 2. The van der Waals surface area contributed by atoms with Crippen molar-refractivity contribution in [3.8, 4) is 0 Å². The van der Waals surface area contributed by atoms with Gasteiger partial charge in [-0.25, -0.2) is 0 Å². The van der Waals surface area contributed by atoms with Crippen LogP contribution in [0.15, 0.2) is 5.38 Å². The predicted octanol–water partition coefficient (Wildman–Crippen LogP) is 0.541. The molecule has 1 aliphatic carbocycles. The van der Waals surface area contributed by atoms with E-state index in [0.717, 1.165) is 24.5 Å². The molecule has 1 N–H and O–H groups in total. The summed E-state index contributed by atoms with van der Waals surface area (Å²) in [6.45, 7) is 2.41. The summed E-state index contributed by atoms with van der Waals surface area (Å²) in [6, 6.07) is 0. The van der Waals surface area contributed by atoms with E-state index in [9.17, 15) is 9.59 Å². The Morgan fingerprint density at radius 1 is 1.35 bits per heavy atom. The van der Waals surface area contributed by atoms with Gasteiger partial charge in [0, 0.05) is 37.5 Å². The van der Waals surface area contributed by atoms with Crippen molar-refractivity contribution in [1.82, 2.24) is 19.8 Å². The van der Waals surface area contributed by atoms with E-state index in [2.05, 4.69) is 14.9 Å². The first-order chi connectivity index (χ1) is 11.2. The van der Waals surface area contributed by atoms with Crippen LogP contribution in [0.5, 0.6) is 0 Å². The molecule has 3 heterocycles. The van der Waals surface area contributed by atoms with Crippen molar-refractivity contribution >= 4 is 23.3 Å². The van der Waals surface area contributed by atoms with Gasteiger partial charge in [0.25, 0.3) is 5.91 Å². The SMILES string of the molecule is O=C(NCC1CC1)[C@@H]1CN(C(=O)c2csnn2)C[C@H]2OCC[C@H]21.